The minimum absolute atomic E-state index is 0.640. The molecule has 1 saturated heterocycles. The number of allylic oxidation sites excluding steroid dienone is 2. The molecule has 1 aliphatic carbocycles. The third kappa shape index (κ3) is 1.32. The number of fused-ring (bicyclic) bond motifs is 2. The van der Waals surface area contributed by atoms with E-state index in [0.717, 1.165) is 26.1 Å². The summed E-state index contributed by atoms with van der Waals surface area (Å²) in [5.41, 5.74) is 4.67. The molecule has 90 valence electrons. The van der Waals surface area contributed by atoms with Crippen molar-refractivity contribution in [2.75, 3.05) is 19.6 Å². The van der Waals surface area contributed by atoms with Gasteiger partial charge in [-0.2, -0.15) is 0 Å². The van der Waals surface area contributed by atoms with Crippen molar-refractivity contribution in [1.29, 1.82) is 0 Å². The number of ether oxygens (including phenoxy) is 1. The highest BCUT2D eigenvalue weighted by Crippen LogP contribution is 2.44. The van der Waals surface area contributed by atoms with Crippen LogP contribution >= 0.6 is 0 Å². The van der Waals surface area contributed by atoms with Gasteiger partial charge in [0.05, 0.1) is 18.0 Å². The minimum Gasteiger partial charge on any atom is -0.467 e. The maximum absolute atomic E-state index is 5.80. The van der Waals surface area contributed by atoms with Gasteiger partial charge in [0.1, 0.15) is 5.76 Å². The molecule has 3 aliphatic heterocycles. The lowest BCUT2D eigenvalue weighted by molar-refractivity contribution is 0.275. The summed E-state index contributed by atoms with van der Waals surface area (Å²) in [6.07, 6.45) is 8.86. The molecule has 0 spiro atoms. The first kappa shape index (κ1) is 9.77. The van der Waals surface area contributed by atoms with Crippen LogP contribution in [0.3, 0.4) is 0 Å². The second-order valence-corrected chi connectivity index (χ2v) is 5.25. The standard InChI is InChI=1S/C14H18N2O/c1-3-10-11-9-15-6-5-12(11)16-7-2-8-17-13(4-1)14(10)16/h2,8,12,15H,1,3-7,9H2. The third-order valence-corrected chi connectivity index (χ3v) is 4.35. The molecule has 1 N–H and O–H groups in total. The summed E-state index contributed by atoms with van der Waals surface area (Å²) in [5.74, 6) is 1.21. The highest BCUT2D eigenvalue weighted by molar-refractivity contribution is 5.48. The Morgan fingerprint density at radius 1 is 1.35 bits per heavy atom. The van der Waals surface area contributed by atoms with Crippen molar-refractivity contribution in [2.45, 2.75) is 31.7 Å². The third-order valence-electron chi connectivity index (χ3n) is 4.35. The fourth-order valence-corrected chi connectivity index (χ4v) is 3.66. The molecular weight excluding hydrogens is 212 g/mol. The van der Waals surface area contributed by atoms with Gasteiger partial charge in [0.2, 0.25) is 0 Å². The van der Waals surface area contributed by atoms with Gasteiger partial charge in [0, 0.05) is 19.5 Å². The van der Waals surface area contributed by atoms with E-state index in [1.165, 1.54) is 30.7 Å². The van der Waals surface area contributed by atoms with Gasteiger partial charge >= 0.3 is 0 Å². The van der Waals surface area contributed by atoms with Crippen molar-refractivity contribution in [3.05, 3.63) is 34.9 Å². The molecule has 1 unspecified atom stereocenters. The van der Waals surface area contributed by atoms with Crippen molar-refractivity contribution in [2.24, 2.45) is 0 Å². The van der Waals surface area contributed by atoms with Crippen LogP contribution in [-0.2, 0) is 4.74 Å². The monoisotopic (exact) mass is 230 g/mol. The molecule has 17 heavy (non-hydrogen) atoms. The van der Waals surface area contributed by atoms with Gasteiger partial charge in [0.25, 0.3) is 0 Å². The Hall–Kier alpha value is -1.22. The Labute approximate surface area is 102 Å². The topological polar surface area (TPSA) is 24.5 Å². The predicted molar refractivity (Wildman–Crippen MR) is 66.1 cm³/mol. The van der Waals surface area contributed by atoms with Gasteiger partial charge < -0.3 is 15.0 Å². The first-order valence-electron chi connectivity index (χ1n) is 6.69. The first-order valence-corrected chi connectivity index (χ1v) is 6.69. The van der Waals surface area contributed by atoms with Crippen LogP contribution in [0, 0.1) is 0 Å². The van der Waals surface area contributed by atoms with Crippen LogP contribution in [-0.4, -0.2) is 30.6 Å². The van der Waals surface area contributed by atoms with E-state index in [0.29, 0.717) is 6.04 Å². The number of nitrogens with zero attached hydrogens (tertiary/aromatic N) is 1. The Bertz CT molecular complexity index is 447. The highest BCUT2D eigenvalue weighted by atomic mass is 16.5. The molecule has 0 aromatic rings. The first-order chi connectivity index (χ1) is 8.45. The van der Waals surface area contributed by atoms with Crippen LogP contribution in [0.25, 0.3) is 0 Å². The summed E-state index contributed by atoms with van der Waals surface area (Å²) < 4.78 is 5.80. The van der Waals surface area contributed by atoms with Crippen LogP contribution in [0.4, 0.5) is 0 Å². The lowest BCUT2D eigenvalue weighted by Gasteiger charge is -2.32. The van der Waals surface area contributed by atoms with E-state index in [1.54, 1.807) is 11.1 Å². The lowest BCUT2D eigenvalue weighted by Crippen LogP contribution is -2.40. The van der Waals surface area contributed by atoms with Gasteiger partial charge in [-0.3, -0.25) is 0 Å². The molecule has 0 bridgehead atoms. The van der Waals surface area contributed by atoms with Gasteiger partial charge in [-0.05, 0) is 43.0 Å². The van der Waals surface area contributed by atoms with Crippen molar-refractivity contribution in [3.63, 3.8) is 0 Å². The SMILES string of the molecule is C1=COC2=C3C(=C4CNCCC4N3C1)CCC2. The van der Waals surface area contributed by atoms with Gasteiger partial charge in [0.15, 0.2) is 0 Å². The Balaban J connectivity index is 1.87. The second kappa shape index (κ2) is 3.64. The lowest BCUT2D eigenvalue weighted by atomic mass is 9.92. The minimum atomic E-state index is 0.640. The Morgan fingerprint density at radius 3 is 3.35 bits per heavy atom. The largest absolute Gasteiger partial charge is 0.467 e. The average molecular weight is 230 g/mol. The van der Waals surface area contributed by atoms with E-state index < -0.39 is 0 Å². The molecule has 3 nitrogen and oxygen atoms in total. The van der Waals surface area contributed by atoms with Crippen LogP contribution < -0.4 is 5.32 Å². The zero-order chi connectivity index (χ0) is 11.2. The normalized spacial score (nSPS) is 31.1. The molecule has 0 saturated carbocycles. The van der Waals surface area contributed by atoms with Crippen LogP contribution in [0.1, 0.15) is 25.7 Å². The van der Waals surface area contributed by atoms with E-state index in [-0.39, 0.29) is 0 Å². The molecular formula is C14H18N2O. The van der Waals surface area contributed by atoms with Crippen molar-refractivity contribution >= 4 is 0 Å². The van der Waals surface area contributed by atoms with E-state index >= 15 is 0 Å². The van der Waals surface area contributed by atoms with Crippen molar-refractivity contribution in [1.82, 2.24) is 10.2 Å². The fraction of sp³-hybridized carbons (Fsp3) is 0.571. The van der Waals surface area contributed by atoms with E-state index in [1.807, 2.05) is 6.26 Å². The van der Waals surface area contributed by atoms with Gasteiger partial charge in [-0.15, -0.1) is 0 Å². The molecule has 1 atom stereocenters. The van der Waals surface area contributed by atoms with Crippen molar-refractivity contribution in [3.8, 4) is 0 Å². The summed E-state index contributed by atoms with van der Waals surface area (Å²) in [5, 5.41) is 3.52. The quantitative estimate of drug-likeness (QED) is 0.688. The maximum atomic E-state index is 5.80. The molecule has 4 aliphatic rings. The molecule has 0 radical (unpaired) electrons. The van der Waals surface area contributed by atoms with Crippen LogP contribution in [0.2, 0.25) is 0 Å². The predicted octanol–water partition coefficient (Wildman–Crippen LogP) is 1.90. The number of hydrogen-bond donors (Lipinski definition) is 1. The highest BCUT2D eigenvalue weighted by Gasteiger charge is 2.40. The van der Waals surface area contributed by atoms with Gasteiger partial charge in [-0.25, -0.2) is 0 Å². The molecule has 0 amide bonds. The van der Waals surface area contributed by atoms with E-state index in [2.05, 4.69) is 16.3 Å². The van der Waals surface area contributed by atoms with E-state index in [4.69, 9.17) is 4.74 Å². The maximum Gasteiger partial charge on any atom is 0.127 e. The summed E-state index contributed by atoms with van der Waals surface area (Å²) in [6, 6.07) is 0.640. The number of nitrogens with one attached hydrogen (secondary N) is 1. The van der Waals surface area contributed by atoms with Crippen molar-refractivity contribution < 1.29 is 4.74 Å². The van der Waals surface area contributed by atoms with Crippen LogP contribution in [0.15, 0.2) is 34.9 Å². The molecule has 3 heterocycles. The molecule has 1 fully saturated rings. The summed E-state index contributed by atoms with van der Waals surface area (Å²) >= 11 is 0. The smallest absolute Gasteiger partial charge is 0.127 e. The van der Waals surface area contributed by atoms with Crippen LogP contribution in [0.5, 0.6) is 0 Å². The fourth-order valence-electron chi connectivity index (χ4n) is 3.66. The summed E-state index contributed by atoms with van der Waals surface area (Å²) in [7, 11) is 0. The van der Waals surface area contributed by atoms with E-state index in [9.17, 15) is 0 Å². The number of piperidine rings is 1. The Morgan fingerprint density at radius 2 is 2.35 bits per heavy atom. The summed E-state index contributed by atoms with van der Waals surface area (Å²) in [4.78, 5) is 2.57. The Kier molecular flexibility index (Phi) is 2.09. The zero-order valence-electron chi connectivity index (χ0n) is 10.0. The second-order valence-electron chi connectivity index (χ2n) is 5.25. The summed E-state index contributed by atoms with van der Waals surface area (Å²) in [6.45, 7) is 3.23. The number of rotatable bonds is 0. The molecule has 0 aromatic carbocycles. The zero-order valence-corrected chi connectivity index (χ0v) is 10.0. The van der Waals surface area contributed by atoms with Gasteiger partial charge in [-0.1, -0.05) is 0 Å². The average Bonchev–Trinajstić information content (AvgIpc) is 2.56. The molecule has 3 heteroatoms. The molecule has 0 aromatic heterocycles. The number of hydrogen-bond acceptors (Lipinski definition) is 3. The molecule has 4 rings (SSSR count).